The van der Waals surface area contributed by atoms with Gasteiger partial charge < -0.3 is 14.9 Å². The van der Waals surface area contributed by atoms with Gasteiger partial charge in [0, 0.05) is 41.0 Å². The van der Waals surface area contributed by atoms with Crippen molar-refractivity contribution in [2.75, 3.05) is 24.1 Å². The van der Waals surface area contributed by atoms with Crippen LogP contribution in [-0.2, 0) is 0 Å². The van der Waals surface area contributed by atoms with E-state index in [4.69, 9.17) is 0 Å². The first-order chi connectivity index (χ1) is 17.9. The summed E-state index contributed by atoms with van der Waals surface area (Å²) in [6, 6.07) is 10.8. The van der Waals surface area contributed by atoms with Gasteiger partial charge in [0.25, 0.3) is 0 Å². The van der Waals surface area contributed by atoms with Crippen LogP contribution < -0.4 is 10.0 Å². The van der Waals surface area contributed by atoms with E-state index in [1.807, 2.05) is 13.0 Å². The fourth-order valence-electron chi connectivity index (χ4n) is 4.77. The van der Waals surface area contributed by atoms with Gasteiger partial charge in [-0.1, -0.05) is 6.07 Å². The molecule has 1 aliphatic rings. The summed E-state index contributed by atoms with van der Waals surface area (Å²) in [5, 5.41) is 4.18. The molecule has 1 fully saturated rings. The van der Waals surface area contributed by atoms with Crippen molar-refractivity contribution in [3.8, 4) is 11.1 Å². The molecule has 0 bridgehead atoms. The fourth-order valence-corrected chi connectivity index (χ4v) is 5.51. The zero-order valence-corrected chi connectivity index (χ0v) is 21.9. The Balaban J connectivity index is 1.33. The lowest BCUT2D eigenvalue weighted by Crippen LogP contribution is -2.36. The smallest absolute Gasteiger partial charge is 0.223 e. The highest BCUT2D eigenvalue weighted by molar-refractivity contribution is 8.00. The molecular formula is C28H30F2N6S. The molecule has 0 radical (unpaired) electrons. The number of hydrogen-bond acceptors (Lipinski definition) is 7. The van der Waals surface area contributed by atoms with E-state index in [0.29, 0.717) is 23.6 Å². The summed E-state index contributed by atoms with van der Waals surface area (Å²) >= 11 is 1.23. The molecule has 0 amide bonds. The number of nitrogens with zero attached hydrogens (tertiary/aromatic N) is 4. The van der Waals surface area contributed by atoms with E-state index in [1.54, 1.807) is 36.8 Å². The molecule has 0 unspecified atom stereocenters. The van der Waals surface area contributed by atoms with Gasteiger partial charge in [0.05, 0.1) is 16.8 Å². The number of benzene rings is 2. The average molecular weight is 521 g/mol. The summed E-state index contributed by atoms with van der Waals surface area (Å²) in [6.07, 6.45) is 9.58. The van der Waals surface area contributed by atoms with Crippen molar-refractivity contribution in [1.29, 1.82) is 0 Å². The number of hydrogen-bond donors (Lipinski definition) is 2. The van der Waals surface area contributed by atoms with Crippen LogP contribution in [0, 0.1) is 18.6 Å². The lowest BCUT2D eigenvalue weighted by Gasteiger charge is -2.32. The van der Waals surface area contributed by atoms with Gasteiger partial charge in [0.2, 0.25) is 5.95 Å². The lowest BCUT2D eigenvalue weighted by molar-refractivity contribution is 0.221. The van der Waals surface area contributed by atoms with Crippen LogP contribution in [-0.4, -0.2) is 46.0 Å². The number of nitrogens with one attached hydrogen (secondary N) is 2. The largest absolute Gasteiger partial charge is 0.351 e. The Morgan fingerprint density at radius 1 is 0.973 bits per heavy atom. The molecule has 2 N–H and O–H groups in total. The third-order valence-corrected chi connectivity index (χ3v) is 7.63. The highest BCUT2D eigenvalue weighted by Crippen LogP contribution is 2.34. The topological polar surface area (TPSA) is 66.0 Å². The average Bonchev–Trinajstić information content (AvgIpc) is 2.89. The zero-order valence-electron chi connectivity index (χ0n) is 21.1. The Bertz CT molecular complexity index is 1410. The molecule has 9 heteroatoms. The highest BCUT2D eigenvalue weighted by atomic mass is 32.2. The molecule has 2 aromatic carbocycles. The molecule has 0 spiro atoms. The number of halogens is 2. The number of aromatic nitrogens is 3. The number of rotatable bonds is 7. The number of aryl methyl sites for hydroxylation is 1. The van der Waals surface area contributed by atoms with Crippen LogP contribution in [0.5, 0.6) is 0 Å². The van der Waals surface area contributed by atoms with Crippen LogP contribution in [0.15, 0.2) is 59.9 Å². The minimum absolute atomic E-state index is 0.0882. The van der Waals surface area contributed by atoms with Gasteiger partial charge in [-0.2, -0.15) is 0 Å². The molecule has 0 aliphatic heterocycles. The van der Waals surface area contributed by atoms with E-state index in [2.05, 4.69) is 44.0 Å². The molecule has 0 atom stereocenters. The minimum Gasteiger partial charge on any atom is -0.351 e. The first kappa shape index (κ1) is 25.4. The Morgan fingerprint density at radius 3 is 2.54 bits per heavy atom. The molecule has 1 aliphatic carbocycles. The number of anilines is 2. The van der Waals surface area contributed by atoms with Crippen LogP contribution in [0.4, 0.5) is 20.4 Å². The molecular weight excluding hydrogens is 490 g/mol. The van der Waals surface area contributed by atoms with Gasteiger partial charge in [0.15, 0.2) is 5.82 Å². The first-order valence-electron chi connectivity index (χ1n) is 12.4. The van der Waals surface area contributed by atoms with Crippen molar-refractivity contribution in [3.05, 3.63) is 72.2 Å². The van der Waals surface area contributed by atoms with Gasteiger partial charge in [0.1, 0.15) is 5.82 Å². The molecule has 6 nitrogen and oxygen atoms in total. The number of fused-ring (bicyclic) bond motifs is 1. The van der Waals surface area contributed by atoms with Crippen LogP contribution in [0.25, 0.3) is 22.0 Å². The summed E-state index contributed by atoms with van der Waals surface area (Å²) < 4.78 is 33.2. The monoisotopic (exact) mass is 520 g/mol. The summed E-state index contributed by atoms with van der Waals surface area (Å²) in [4.78, 5) is 16.4. The third-order valence-electron chi connectivity index (χ3n) is 6.85. The quantitative estimate of drug-likeness (QED) is 0.263. The SMILES string of the molecule is Cc1cncc(SNc2ccc(F)c(-c3ccc4nc(NC5CCC(N(C)C)CC5)ncc4c3)c2F)c1. The second kappa shape index (κ2) is 11.0. The van der Waals surface area contributed by atoms with Gasteiger partial charge in [-0.25, -0.2) is 18.7 Å². The Labute approximate surface area is 220 Å². The van der Waals surface area contributed by atoms with E-state index in [1.165, 1.54) is 24.1 Å². The van der Waals surface area contributed by atoms with Crippen LogP contribution >= 0.6 is 11.9 Å². The standard InChI is InChI=1S/C28H30F2N6S/c1-17-12-22(16-31-14-17)37-35-25-11-9-23(29)26(27(25)30)18-4-10-24-19(13-18)15-32-28(34-24)33-20-5-7-21(8-6-20)36(2)3/h4,9-16,20-21,35H,5-8H2,1-3H3,(H,32,33,34). The molecule has 192 valence electrons. The molecule has 1 saturated carbocycles. The fraction of sp³-hybridized carbons (Fsp3) is 0.321. The van der Waals surface area contributed by atoms with Crippen molar-refractivity contribution >= 4 is 34.5 Å². The van der Waals surface area contributed by atoms with Crippen LogP contribution in [0.1, 0.15) is 31.2 Å². The van der Waals surface area contributed by atoms with Gasteiger partial charge in [-0.3, -0.25) is 4.98 Å². The number of pyridine rings is 1. The summed E-state index contributed by atoms with van der Waals surface area (Å²) in [7, 11) is 4.26. The van der Waals surface area contributed by atoms with Crippen molar-refractivity contribution in [1.82, 2.24) is 19.9 Å². The Morgan fingerprint density at radius 2 is 1.78 bits per heavy atom. The molecule has 4 aromatic rings. The zero-order chi connectivity index (χ0) is 25.9. The predicted octanol–water partition coefficient (Wildman–Crippen LogP) is 6.68. The molecule has 0 saturated heterocycles. The van der Waals surface area contributed by atoms with E-state index < -0.39 is 11.6 Å². The van der Waals surface area contributed by atoms with Crippen LogP contribution in [0.3, 0.4) is 0 Å². The molecule has 5 rings (SSSR count). The maximum atomic E-state index is 15.4. The lowest BCUT2D eigenvalue weighted by atomic mass is 9.91. The minimum atomic E-state index is -0.653. The van der Waals surface area contributed by atoms with E-state index in [0.717, 1.165) is 47.0 Å². The maximum Gasteiger partial charge on any atom is 0.223 e. The van der Waals surface area contributed by atoms with E-state index >= 15 is 4.39 Å². The molecule has 37 heavy (non-hydrogen) atoms. The van der Waals surface area contributed by atoms with E-state index in [9.17, 15) is 4.39 Å². The molecule has 2 aromatic heterocycles. The van der Waals surface area contributed by atoms with Gasteiger partial charge in [-0.15, -0.1) is 0 Å². The molecule has 2 heterocycles. The Hall–Kier alpha value is -3.30. The second-order valence-corrected chi connectivity index (χ2v) is 10.6. The normalized spacial score (nSPS) is 17.8. The Kier molecular flexibility index (Phi) is 7.53. The summed E-state index contributed by atoms with van der Waals surface area (Å²) in [5.74, 6) is -0.697. The first-order valence-corrected chi connectivity index (χ1v) is 13.2. The highest BCUT2D eigenvalue weighted by Gasteiger charge is 2.23. The second-order valence-electron chi connectivity index (χ2n) is 9.77. The maximum absolute atomic E-state index is 15.4. The van der Waals surface area contributed by atoms with Crippen molar-refractivity contribution in [3.63, 3.8) is 0 Å². The van der Waals surface area contributed by atoms with Gasteiger partial charge >= 0.3 is 0 Å². The summed E-state index contributed by atoms with van der Waals surface area (Å²) in [5.41, 5.74) is 2.26. The van der Waals surface area contributed by atoms with Crippen molar-refractivity contribution < 1.29 is 8.78 Å². The van der Waals surface area contributed by atoms with Gasteiger partial charge in [-0.05, 0) is 100 Å². The van der Waals surface area contributed by atoms with Crippen molar-refractivity contribution in [2.45, 2.75) is 49.6 Å². The predicted molar refractivity (Wildman–Crippen MR) is 147 cm³/mol. The third kappa shape index (κ3) is 5.83. The van der Waals surface area contributed by atoms with Crippen molar-refractivity contribution in [2.24, 2.45) is 0 Å². The summed E-state index contributed by atoms with van der Waals surface area (Å²) in [6.45, 7) is 1.94. The van der Waals surface area contributed by atoms with Crippen LogP contribution in [0.2, 0.25) is 0 Å². The van der Waals surface area contributed by atoms with E-state index in [-0.39, 0.29) is 11.3 Å².